The molecule has 0 aromatic rings. The molecule has 0 aliphatic heterocycles. The van der Waals surface area contributed by atoms with Gasteiger partial charge in [0.05, 0.1) is 13.2 Å². The topological polar surface area (TPSA) is 63.6 Å². The summed E-state index contributed by atoms with van der Waals surface area (Å²) in [4.78, 5) is 24.8. The number of ketones is 1. The van der Waals surface area contributed by atoms with Crippen LogP contribution in [0.15, 0.2) is 0 Å². The highest BCUT2D eigenvalue weighted by molar-refractivity contribution is 5.83. The van der Waals surface area contributed by atoms with Crippen LogP contribution in [0, 0.1) is 46.3 Å². The van der Waals surface area contributed by atoms with Crippen LogP contribution in [0.2, 0.25) is 0 Å². The van der Waals surface area contributed by atoms with Gasteiger partial charge in [-0.3, -0.25) is 9.59 Å². The number of rotatable bonds is 4. The van der Waals surface area contributed by atoms with Crippen molar-refractivity contribution in [2.24, 2.45) is 46.3 Å². The van der Waals surface area contributed by atoms with Crippen LogP contribution in [-0.2, 0) is 14.3 Å². The van der Waals surface area contributed by atoms with E-state index in [1.807, 2.05) is 0 Å². The van der Waals surface area contributed by atoms with E-state index < -0.39 is 0 Å². The van der Waals surface area contributed by atoms with Crippen LogP contribution >= 0.6 is 0 Å². The Hall–Kier alpha value is -0.900. The predicted octanol–water partition coefficient (Wildman–Crippen LogP) is 4.77. The number of aliphatic hydroxyl groups is 1. The number of ether oxygens (including phenoxy) is 1. The predicted molar refractivity (Wildman–Crippen MR) is 112 cm³/mol. The number of methoxy groups -OCH3 is 1. The molecule has 4 rings (SSSR count). The Kier molecular flexibility index (Phi) is 5.63. The molecule has 4 heteroatoms. The van der Waals surface area contributed by atoms with E-state index in [2.05, 4.69) is 20.8 Å². The Morgan fingerprint density at radius 1 is 1.14 bits per heavy atom. The van der Waals surface area contributed by atoms with Crippen molar-refractivity contribution >= 4 is 11.8 Å². The average Bonchev–Trinajstić information content (AvgIpc) is 3.05. The molecule has 0 spiro atoms. The number of carbonyl (C=O) groups excluding carboxylic acids is 2. The van der Waals surface area contributed by atoms with Crippen LogP contribution < -0.4 is 0 Å². The van der Waals surface area contributed by atoms with Gasteiger partial charge in [-0.05, 0) is 91.8 Å². The van der Waals surface area contributed by atoms with Gasteiger partial charge < -0.3 is 9.84 Å². The molecule has 4 aliphatic rings. The number of Topliss-reactive ketones (excluding diaryl/α,β-unsaturated/α-hetero) is 1. The van der Waals surface area contributed by atoms with E-state index >= 15 is 0 Å². The summed E-state index contributed by atoms with van der Waals surface area (Å²) in [5, 5.41) is 10.2. The molecule has 0 bridgehead atoms. The molecule has 1 N–H and O–H groups in total. The second kappa shape index (κ2) is 7.66. The molecule has 4 fully saturated rings. The van der Waals surface area contributed by atoms with E-state index in [0.717, 1.165) is 25.7 Å². The molecule has 0 aromatic heterocycles. The highest BCUT2D eigenvalue weighted by Crippen LogP contribution is 2.67. The van der Waals surface area contributed by atoms with Crippen LogP contribution in [0.1, 0.15) is 85.0 Å². The molecule has 0 unspecified atom stereocenters. The van der Waals surface area contributed by atoms with Crippen LogP contribution in [0.5, 0.6) is 0 Å². The van der Waals surface area contributed by atoms with Crippen molar-refractivity contribution in [2.75, 3.05) is 7.11 Å². The number of fused-ring (bicyclic) bond motifs is 5. The minimum atomic E-state index is -0.283. The maximum absolute atomic E-state index is 13.2. The average molecular weight is 405 g/mol. The summed E-state index contributed by atoms with van der Waals surface area (Å²) in [5.41, 5.74) is 0.392. The first-order valence-corrected chi connectivity index (χ1v) is 12.0. The largest absolute Gasteiger partial charge is 0.469 e. The summed E-state index contributed by atoms with van der Waals surface area (Å²) >= 11 is 0. The second-order valence-electron chi connectivity index (χ2n) is 11.4. The Balaban J connectivity index is 1.52. The Morgan fingerprint density at radius 2 is 1.83 bits per heavy atom. The van der Waals surface area contributed by atoms with E-state index in [9.17, 15) is 14.7 Å². The molecule has 4 nitrogen and oxygen atoms in total. The van der Waals surface area contributed by atoms with Crippen molar-refractivity contribution in [3.8, 4) is 0 Å². The third-order valence-corrected chi connectivity index (χ3v) is 10.2. The van der Waals surface area contributed by atoms with E-state index in [-0.39, 0.29) is 23.4 Å². The summed E-state index contributed by atoms with van der Waals surface area (Å²) in [6.07, 6.45) is 9.39. The lowest BCUT2D eigenvalue weighted by Gasteiger charge is -2.60. The lowest BCUT2D eigenvalue weighted by Crippen LogP contribution is -2.57. The van der Waals surface area contributed by atoms with E-state index in [4.69, 9.17) is 4.74 Å². The molecular formula is C25H40O4. The number of aliphatic hydroxyl groups excluding tert-OH is 1. The molecule has 0 radical (unpaired) electrons. The summed E-state index contributed by atoms with van der Waals surface area (Å²) in [6, 6.07) is 0. The zero-order chi connectivity index (χ0) is 21.0. The molecule has 29 heavy (non-hydrogen) atoms. The first kappa shape index (κ1) is 21.3. The molecule has 0 saturated heterocycles. The molecule has 0 amide bonds. The number of hydrogen-bond acceptors (Lipinski definition) is 4. The van der Waals surface area contributed by atoms with Crippen molar-refractivity contribution in [1.29, 1.82) is 0 Å². The molecule has 0 heterocycles. The van der Waals surface area contributed by atoms with Crippen molar-refractivity contribution in [3.05, 3.63) is 0 Å². The van der Waals surface area contributed by atoms with Gasteiger partial charge in [0.25, 0.3) is 0 Å². The van der Waals surface area contributed by atoms with Gasteiger partial charge in [0, 0.05) is 18.8 Å². The Morgan fingerprint density at radius 3 is 2.55 bits per heavy atom. The van der Waals surface area contributed by atoms with E-state index in [1.54, 1.807) is 0 Å². The zero-order valence-electron chi connectivity index (χ0n) is 18.8. The molecular weight excluding hydrogens is 364 g/mol. The smallest absolute Gasteiger partial charge is 0.305 e. The van der Waals surface area contributed by atoms with Gasteiger partial charge in [0.2, 0.25) is 0 Å². The standard InChI is InChI=1S/C25H40O4/c1-15(5-8-23(28)29-4)18-6-7-19-17-14-22(27)21-13-16(26)9-11-25(21,3)20(17)10-12-24(18,19)2/h15-21,26H,5-14H2,1-4H3/t15-,16+,17-,18+,19-,20-,21-,24+,25+/m0/s1. The summed E-state index contributed by atoms with van der Waals surface area (Å²) in [6.45, 7) is 7.18. The maximum Gasteiger partial charge on any atom is 0.305 e. The number of hydrogen-bond donors (Lipinski definition) is 1. The van der Waals surface area contributed by atoms with Crippen LogP contribution in [-0.4, -0.2) is 30.1 Å². The zero-order valence-corrected chi connectivity index (χ0v) is 18.8. The second-order valence-corrected chi connectivity index (χ2v) is 11.4. The lowest BCUT2D eigenvalue weighted by molar-refractivity contribution is -0.160. The van der Waals surface area contributed by atoms with Crippen molar-refractivity contribution in [3.63, 3.8) is 0 Å². The van der Waals surface area contributed by atoms with Gasteiger partial charge in [-0.15, -0.1) is 0 Å². The van der Waals surface area contributed by atoms with E-state index in [0.29, 0.717) is 53.6 Å². The van der Waals surface area contributed by atoms with Gasteiger partial charge in [0.1, 0.15) is 5.78 Å². The first-order valence-electron chi connectivity index (χ1n) is 12.0. The minimum absolute atomic E-state index is 0.0769. The highest BCUT2D eigenvalue weighted by Gasteiger charge is 2.62. The van der Waals surface area contributed by atoms with Crippen LogP contribution in [0.25, 0.3) is 0 Å². The van der Waals surface area contributed by atoms with Gasteiger partial charge in [-0.25, -0.2) is 0 Å². The fraction of sp³-hybridized carbons (Fsp3) is 0.920. The maximum atomic E-state index is 13.2. The van der Waals surface area contributed by atoms with Gasteiger partial charge in [0.15, 0.2) is 0 Å². The van der Waals surface area contributed by atoms with Gasteiger partial charge in [-0.1, -0.05) is 20.8 Å². The molecule has 4 aliphatic carbocycles. The lowest BCUT2D eigenvalue weighted by atomic mass is 9.44. The van der Waals surface area contributed by atoms with Gasteiger partial charge >= 0.3 is 5.97 Å². The fourth-order valence-corrected chi connectivity index (χ4v) is 8.64. The van der Waals surface area contributed by atoms with Crippen molar-refractivity contribution < 1.29 is 19.4 Å². The minimum Gasteiger partial charge on any atom is -0.469 e. The normalized spacial score (nSPS) is 47.7. The Labute approximate surface area is 176 Å². The molecule has 9 atom stereocenters. The van der Waals surface area contributed by atoms with Crippen LogP contribution in [0.4, 0.5) is 0 Å². The van der Waals surface area contributed by atoms with Crippen LogP contribution in [0.3, 0.4) is 0 Å². The summed E-state index contributed by atoms with van der Waals surface area (Å²) < 4.78 is 4.85. The number of carbonyl (C=O) groups is 2. The fourth-order valence-electron chi connectivity index (χ4n) is 8.64. The third-order valence-electron chi connectivity index (χ3n) is 10.2. The quantitative estimate of drug-likeness (QED) is 0.685. The number of esters is 1. The Bertz CT molecular complexity index is 659. The monoisotopic (exact) mass is 404 g/mol. The molecule has 4 saturated carbocycles. The summed E-state index contributed by atoms with van der Waals surface area (Å²) in [5.74, 6) is 3.37. The van der Waals surface area contributed by atoms with E-state index in [1.165, 1.54) is 32.8 Å². The molecule has 0 aromatic carbocycles. The van der Waals surface area contributed by atoms with Crippen molar-refractivity contribution in [1.82, 2.24) is 0 Å². The highest BCUT2D eigenvalue weighted by atomic mass is 16.5. The summed E-state index contributed by atoms with van der Waals surface area (Å²) in [7, 11) is 1.47. The third kappa shape index (κ3) is 3.38. The van der Waals surface area contributed by atoms with Gasteiger partial charge in [-0.2, -0.15) is 0 Å². The first-order chi connectivity index (χ1) is 13.7. The molecule has 164 valence electrons. The van der Waals surface area contributed by atoms with Crippen molar-refractivity contribution in [2.45, 2.75) is 91.1 Å². The SMILES string of the molecule is COC(=O)CC[C@H](C)[C@H]1CC[C@H]2[C@@H]3CC(=O)[C@@H]4C[C@H](O)CC[C@]4(C)[C@H]3CC[C@]12C.